The van der Waals surface area contributed by atoms with Crippen LogP contribution >= 0.6 is 11.3 Å². The third kappa shape index (κ3) is 5.17. The quantitative estimate of drug-likeness (QED) is 0.650. The van der Waals surface area contributed by atoms with Crippen LogP contribution in [0, 0.1) is 11.3 Å². The van der Waals surface area contributed by atoms with Gasteiger partial charge in [0.15, 0.2) is 9.84 Å². The number of nitriles is 1. The molecule has 0 saturated carbocycles. The number of anilines is 2. The Morgan fingerprint density at radius 2 is 2.10 bits per heavy atom. The highest BCUT2D eigenvalue weighted by molar-refractivity contribution is 7.91. The van der Waals surface area contributed by atoms with Gasteiger partial charge in [0.2, 0.25) is 0 Å². The number of thiophene rings is 1. The zero-order valence-electron chi connectivity index (χ0n) is 12.0. The second-order valence-electron chi connectivity index (χ2n) is 4.27. The van der Waals surface area contributed by atoms with E-state index in [0.29, 0.717) is 37.8 Å². The molecular formula is C12H19N3O4S2. The van der Waals surface area contributed by atoms with E-state index < -0.39 is 9.84 Å². The average molecular weight is 333 g/mol. The maximum absolute atomic E-state index is 11.7. The number of sulfone groups is 1. The molecule has 3 N–H and O–H groups in total. The molecule has 0 atom stereocenters. The van der Waals surface area contributed by atoms with Gasteiger partial charge in [0, 0.05) is 26.5 Å². The van der Waals surface area contributed by atoms with E-state index in [9.17, 15) is 8.42 Å². The maximum Gasteiger partial charge on any atom is 0.180 e. The van der Waals surface area contributed by atoms with Gasteiger partial charge in [-0.2, -0.15) is 5.26 Å². The topological polar surface area (TPSA) is 114 Å². The summed E-state index contributed by atoms with van der Waals surface area (Å²) in [7, 11) is -1.88. The molecule has 1 heterocycles. The van der Waals surface area contributed by atoms with Gasteiger partial charge in [0.05, 0.1) is 18.9 Å². The third-order valence-electron chi connectivity index (χ3n) is 2.55. The lowest BCUT2D eigenvalue weighted by molar-refractivity contribution is 0.0705. The van der Waals surface area contributed by atoms with Crippen molar-refractivity contribution in [2.24, 2.45) is 0 Å². The lowest BCUT2D eigenvalue weighted by atomic mass is 10.4. The van der Waals surface area contributed by atoms with Gasteiger partial charge in [-0.05, 0) is 6.42 Å². The third-order valence-corrected chi connectivity index (χ3v) is 4.92. The van der Waals surface area contributed by atoms with Gasteiger partial charge >= 0.3 is 0 Å². The number of hydrogen-bond acceptors (Lipinski definition) is 8. The SMILES string of the molecule is COCCOCCCNc1sc(C#N)c(N)c1S(C)(=O)=O. The number of nitrogens with one attached hydrogen (secondary N) is 1. The molecule has 0 unspecified atom stereocenters. The Balaban J connectivity index is 2.62. The molecule has 0 amide bonds. The highest BCUT2D eigenvalue weighted by atomic mass is 32.2. The normalized spacial score (nSPS) is 11.3. The van der Waals surface area contributed by atoms with Crippen molar-refractivity contribution in [3.8, 4) is 6.07 Å². The molecule has 0 aromatic carbocycles. The van der Waals surface area contributed by atoms with Crippen LogP contribution in [-0.2, 0) is 19.3 Å². The fourth-order valence-electron chi connectivity index (χ4n) is 1.62. The van der Waals surface area contributed by atoms with E-state index in [-0.39, 0.29) is 15.5 Å². The summed E-state index contributed by atoms with van der Waals surface area (Å²) in [6.45, 7) is 2.13. The monoisotopic (exact) mass is 333 g/mol. The molecule has 0 spiro atoms. The molecule has 0 fully saturated rings. The molecule has 1 aromatic heterocycles. The highest BCUT2D eigenvalue weighted by Gasteiger charge is 2.23. The van der Waals surface area contributed by atoms with Gasteiger partial charge in [-0.3, -0.25) is 0 Å². The molecule has 0 saturated heterocycles. The number of nitrogens with zero attached hydrogens (tertiary/aromatic N) is 1. The first-order valence-corrected chi connectivity index (χ1v) is 8.95. The van der Waals surface area contributed by atoms with Gasteiger partial charge in [-0.1, -0.05) is 0 Å². The predicted molar refractivity (Wildman–Crippen MR) is 82.4 cm³/mol. The summed E-state index contributed by atoms with van der Waals surface area (Å²) in [4.78, 5) is 0.207. The minimum Gasteiger partial charge on any atom is -0.396 e. The van der Waals surface area contributed by atoms with E-state index in [1.165, 1.54) is 0 Å². The Hall–Kier alpha value is -1.34. The largest absolute Gasteiger partial charge is 0.396 e. The summed E-state index contributed by atoms with van der Waals surface area (Å²) in [5.41, 5.74) is 5.73. The number of ether oxygens (including phenoxy) is 2. The van der Waals surface area contributed by atoms with Crippen molar-refractivity contribution in [1.82, 2.24) is 0 Å². The zero-order chi connectivity index (χ0) is 15.9. The Bertz CT molecular complexity index is 605. The van der Waals surface area contributed by atoms with E-state index in [1.807, 2.05) is 6.07 Å². The lowest BCUT2D eigenvalue weighted by Gasteiger charge is -2.07. The molecule has 7 nitrogen and oxygen atoms in total. The van der Waals surface area contributed by atoms with E-state index in [1.54, 1.807) is 7.11 Å². The van der Waals surface area contributed by atoms with Crippen molar-refractivity contribution in [2.45, 2.75) is 11.3 Å². The number of nitrogen functional groups attached to an aromatic ring is 1. The van der Waals surface area contributed by atoms with Crippen LogP contribution in [-0.4, -0.2) is 48.1 Å². The molecule has 9 heteroatoms. The predicted octanol–water partition coefficient (Wildman–Crippen LogP) is 1.07. The second kappa shape index (κ2) is 8.19. The van der Waals surface area contributed by atoms with Crippen LogP contribution in [0.2, 0.25) is 0 Å². The average Bonchev–Trinajstić information content (AvgIpc) is 2.73. The van der Waals surface area contributed by atoms with Crippen molar-refractivity contribution in [2.75, 3.05) is 50.8 Å². The van der Waals surface area contributed by atoms with Crippen LogP contribution in [0.15, 0.2) is 4.90 Å². The van der Waals surface area contributed by atoms with Crippen LogP contribution in [0.25, 0.3) is 0 Å². The zero-order valence-corrected chi connectivity index (χ0v) is 13.6. The summed E-state index contributed by atoms with van der Waals surface area (Å²) in [6, 6.07) is 1.90. The molecule has 0 aliphatic heterocycles. The van der Waals surface area contributed by atoms with Crippen molar-refractivity contribution < 1.29 is 17.9 Å². The van der Waals surface area contributed by atoms with Gasteiger partial charge < -0.3 is 20.5 Å². The minimum atomic E-state index is -3.48. The van der Waals surface area contributed by atoms with Gasteiger partial charge in [0.25, 0.3) is 0 Å². The first-order valence-electron chi connectivity index (χ1n) is 6.24. The van der Waals surface area contributed by atoms with Crippen molar-refractivity contribution in [3.63, 3.8) is 0 Å². The van der Waals surface area contributed by atoms with Crippen LogP contribution in [0.3, 0.4) is 0 Å². The summed E-state index contributed by atoms with van der Waals surface area (Å²) in [6.07, 6.45) is 1.78. The van der Waals surface area contributed by atoms with E-state index in [4.69, 9.17) is 20.5 Å². The molecule has 21 heavy (non-hydrogen) atoms. The molecule has 0 bridgehead atoms. The lowest BCUT2D eigenvalue weighted by Crippen LogP contribution is -2.10. The first kappa shape index (κ1) is 17.7. The van der Waals surface area contributed by atoms with E-state index in [2.05, 4.69) is 5.32 Å². The standard InChI is InChI=1S/C12H19N3O4S2/c1-18-6-7-19-5-3-4-15-12-11(21(2,16)17)10(14)9(8-13)20-12/h15H,3-7,14H2,1-2H3. The molecular weight excluding hydrogens is 314 g/mol. The molecule has 0 radical (unpaired) electrons. The molecule has 118 valence electrons. The van der Waals surface area contributed by atoms with E-state index >= 15 is 0 Å². The Morgan fingerprint density at radius 3 is 2.67 bits per heavy atom. The number of nitrogens with two attached hydrogens (primary N) is 1. The number of hydrogen-bond donors (Lipinski definition) is 2. The van der Waals surface area contributed by atoms with Gasteiger partial charge in [0.1, 0.15) is 20.8 Å². The van der Waals surface area contributed by atoms with Crippen molar-refractivity contribution >= 4 is 31.9 Å². The Labute approximate surface area is 128 Å². The maximum atomic E-state index is 11.7. The minimum absolute atomic E-state index is 0.00403. The van der Waals surface area contributed by atoms with E-state index in [0.717, 1.165) is 17.6 Å². The molecule has 1 aromatic rings. The highest BCUT2D eigenvalue weighted by Crippen LogP contribution is 2.38. The van der Waals surface area contributed by atoms with Crippen LogP contribution in [0.5, 0.6) is 0 Å². The molecule has 1 rings (SSSR count). The smallest absolute Gasteiger partial charge is 0.180 e. The van der Waals surface area contributed by atoms with Crippen LogP contribution in [0.4, 0.5) is 10.7 Å². The fraction of sp³-hybridized carbons (Fsp3) is 0.583. The number of methoxy groups -OCH3 is 1. The summed E-state index contributed by atoms with van der Waals surface area (Å²) < 4.78 is 33.7. The van der Waals surface area contributed by atoms with Crippen LogP contribution in [0.1, 0.15) is 11.3 Å². The van der Waals surface area contributed by atoms with Crippen molar-refractivity contribution in [1.29, 1.82) is 5.26 Å². The first-order chi connectivity index (χ1) is 9.91. The summed E-state index contributed by atoms with van der Waals surface area (Å²) >= 11 is 1.05. The Kier molecular flexibility index (Phi) is 6.91. The van der Waals surface area contributed by atoms with Gasteiger partial charge in [-0.25, -0.2) is 8.42 Å². The summed E-state index contributed by atoms with van der Waals surface area (Å²) in [5, 5.41) is 12.3. The molecule has 0 aliphatic carbocycles. The van der Waals surface area contributed by atoms with Crippen molar-refractivity contribution in [3.05, 3.63) is 4.88 Å². The van der Waals surface area contributed by atoms with Crippen LogP contribution < -0.4 is 11.1 Å². The number of rotatable bonds is 9. The van der Waals surface area contributed by atoms with Gasteiger partial charge in [-0.15, -0.1) is 11.3 Å². The fourth-order valence-corrected chi connectivity index (χ4v) is 4.01. The molecule has 0 aliphatic rings. The second-order valence-corrected chi connectivity index (χ2v) is 7.25. The summed E-state index contributed by atoms with van der Waals surface area (Å²) in [5.74, 6) is 0. The Morgan fingerprint density at radius 1 is 1.38 bits per heavy atom.